The molecular formula is C17H27ClO3. The Bertz CT molecular complexity index is 487. The standard InChI is InChI=1S/C17H26O3.ClH/c1-10(15(19)20)11-8-12(16(2,3)4)14(18)13(9-11)17(5,6)7;/h8-10,18H,1-7H3,(H,19,20);1H. The predicted octanol–water partition coefficient (Wildman–Crippen LogP) is 4.60. The zero-order valence-corrected chi connectivity index (χ0v) is 14.8. The smallest absolute Gasteiger partial charge is 0.310 e. The summed E-state index contributed by atoms with van der Waals surface area (Å²) in [5, 5.41) is 19.8. The predicted molar refractivity (Wildman–Crippen MR) is 88.8 cm³/mol. The van der Waals surface area contributed by atoms with Crippen LogP contribution in [0.3, 0.4) is 0 Å². The minimum absolute atomic E-state index is 0. The van der Waals surface area contributed by atoms with Crippen molar-refractivity contribution in [3.63, 3.8) is 0 Å². The molecule has 0 aliphatic heterocycles. The normalized spacial score (nSPS) is 13.5. The third-order valence-corrected chi connectivity index (χ3v) is 3.62. The van der Waals surface area contributed by atoms with E-state index < -0.39 is 11.9 Å². The van der Waals surface area contributed by atoms with Crippen LogP contribution in [0.2, 0.25) is 0 Å². The van der Waals surface area contributed by atoms with Crippen molar-refractivity contribution >= 4 is 18.4 Å². The molecule has 1 atom stereocenters. The summed E-state index contributed by atoms with van der Waals surface area (Å²) in [4.78, 5) is 11.2. The second kappa shape index (κ2) is 6.27. The van der Waals surface area contributed by atoms with Crippen molar-refractivity contribution in [3.8, 4) is 5.75 Å². The maximum absolute atomic E-state index is 11.2. The number of aliphatic carboxylic acids is 1. The van der Waals surface area contributed by atoms with Crippen LogP contribution in [0, 0.1) is 0 Å². The fourth-order valence-electron chi connectivity index (χ4n) is 2.19. The van der Waals surface area contributed by atoms with Gasteiger partial charge in [0.15, 0.2) is 0 Å². The van der Waals surface area contributed by atoms with Gasteiger partial charge >= 0.3 is 5.97 Å². The third-order valence-electron chi connectivity index (χ3n) is 3.62. The first-order valence-corrected chi connectivity index (χ1v) is 6.96. The first kappa shape index (κ1) is 19.8. The molecular weight excluding hydrogens is 288 g/mol. The molecule has 1 unspecified atom stereocenters. The summed E-state index contributed by atoms with van der Waals surface area (Å²) >= 11 is 0. The highest BCUT2D eigenvalue weighted by Gasteiger charge is 2.28. The van der Waals surface area contributed by atoms with E-state index in [-0.39, 0.29) is 29.0 Å². The summed E-state index contributed by atoms with van der Waals surface area (Å²) < 4.78 is 0. The van der Waals surface area contributed by atoms with Crippen LogP contribution in [0.4, 0.5) is 0 Å². The molecule has 0 heterocycles. The average Bonchev–Trinajstić information content (AvgIpc) is 2.24. The molecule has 1 aromatic carbocycles. The Labute approximate surface area is 133 Å². The molecule has 0 bridgehead atoms. The summed E-state index contributed by atoms with van der Waals surface area (Å²) in [6.07, 6.45) is 0. The molecule has 0 aliphatic rings. The third kappa shape index (κ3) is 4.37. The molecule has 0 saturated carbocycles. The van der Waals surface area contributed by atoms with Gasteiger partial charge in [-0.1, -0.05) is 53.7 Å². The lowest BCUT2D eigenvalue weighted by Gasteiger charge is -2.28. The van der Waals surface area contributed by atoms with Gasteiger partial charge in [0.2, 0.25) is 0 Å². The molecule has 0 spiro atoms. The number of halogens is 1. The SMILES string of the molecule is CC(C(=O)O)c1cc(C(C)(C)C)c(O)c(C(C)(C)C)c1.Cl. The molecule has 1 aromatic rings. The van der Waals surface area contributed by atoms with E-state index in [1.165, 1.54) is 0 Å². The first-order chi connectivity index (χ1) is 8.85. The van der Waals surface area contributed by atoms with Crippen LogP contribution < -0.4 is 0 Å². The zero-order chi connectivity index (χ0) is 15.9. The van der Waals surface area contributed by atoms with Crippen molar-refractivity contribution in [2.24, 2.45) is 0 Å². The molecule has 1 rings (SSSR count). The monoisotopic (exact) mass is 314 g/mol. The second-order valence-electron chi connectivity index (χ2n) is 7.52. The maximum Gasteiger partial charge on any atom is 0.310 e. The van der Waals surface area contributed by atoms with Crippen LogP contribution in [0.1, 0.15) is 71.1 Å². The summed E-state index contributed by atoms with van der Waals surface area (Å²) in [5.74, 6) is -1.15. The van der Waals surface area contributed by atoms with E-state index in [0.717, 1.165) is 16.7 Å². The lowest BCUT2D eigenvalue weighted by molar-refractivity contribution is -0.138. The summed E-state index contributed by atoms with van der Waals surface area (Å²) in [6, 6.07) is 3.65. The fraction of sp³-hybridized carbons (Fsp3) is 0.588. The van der Waals surface area contributed by atoms with Crippen LogP contribution in [0.25, 0.3) is 0 Å². The average molecular weight is 315 g/mol. The van der Waals surface area contributed by atoms with Crippen LogP contribution in [-0.4, -0.2) is 16.2 Å². The van der Waals surface area contributed by atoms with Crippen molar-refractivity contribution in [1.29, 1.82) is 0 Å². The van der Waals surface area contributed by atoms with E-state index in [1.54, 1.807) is 6.92 Å². The number of hydrogen-bond acceptors (Lipinski definition) is 2. The Hall–Kier alpha value is -1.22. The van der Waals surface area contributed by atoms with Crippen LogP contribution in [0.15, 0.2) is 12.1 Å². The molecule has 21 heavy (non-hydrogen) atoms. The number of phenols is 1. The van der Waals surface area contributed by atoms with Crippen molar-refractivity contribution in [1.82, 2.24) is 0 Å². The number of aromatic hydroxyl groups is 1. The Morgan fingerprint density at radius 1 is 1.00 bits per heavy atom. The van der Waals surface area contributed by atoms with Crippen molar-refractivity contribution in [2.45, 2.75) is 65.2 Å². The Balaban J connectivity index is 0.00000400. The van der Waals surface area contributed by atoms with Crippen LogP contribution >= 0.6 is 12.4 Å². The quantitative estimate of drug-likeness (QED) is 0.839. The highest BCUT2D eigenvalue weighted by atomic mass is 35.5. The molecule has 0 aromatic heterocycles. The minimum Gasteiger partial charge on any atom is -0.507 e. The molecule has 0 amide bonds. The molecule has 0 fully saturated rings. The Kier molecular flexibility index (Phi) is 5.90. The van der Waals surface area contributed by atoms with E-state index in [0.29, 0.717) is 0 Å². The zero-order valence-electron chi connectivity index (χ0n) is 13.9. The van der Waals surface area contributed by atoms with Gasteiger partial charge in [-0.3, -0.25) is 4.79 Å². The van der Waals surface area contributed by atoms with Crippen LogP contribution in [-0.2, 0) is 15.6 Å². The number of hydrogen-bond donors (Lipinski definition) is 2. The van der Waals surface area contributed by atoms with Gasteiger partial charge in [-0.2, -0.15) is 0 Å². The van der Waals surface area contributed by atoms with Gasteiger partial charge in [-0.05, 0) is 34.4 Å². The van der Waals surface area contributed by atoms with Gasteiger partial charge in [-0.25, -0.2) is 0 Å². The van der Waals surface area contributed by atoms with Gasteiger partial charge in [0.1, 0.15) is 5.75 Å². The first-order valence-electron chi connectivity index (χ1n) is 6.96. The minimum atomic E-state index is -0.851. The van der Waals surface area contributed by atoms with Gasteiger partial charge in [-0.15, -0.1) is 12.4 Å². The summed E-state index contributed by atoms with van der Waals surface area (Å²) in [7, 11) is 0. The van der Waals surface area contributed by atoms with Crippen LogP contribution in [0.5, 0.6) is 5.75 Å². The topological polar surface area (TPSA) is 57.5 Å². The van der Waals surface area contributed by atoms with Crippen molar-refractivity contribution < 1.29 is 15.0 Å². The molecule has 0 aliphatic carbocycles. The molecule has 120 valence electrons. The van der Waals surface area contributed by atoms with Crippen molar-refractivity contribution in [3.05, 3.63) is 28.8 Å². The largest absolute Gasteiger partial charge is 0.507 e. The highest BCUT2D eigenvalue weighted by Crippen LogP contribution is 2.41. The van der Waals surface area contributed by atoms with Crippen molar-refractivity contribution in [2.75, 3.05) is 0 Å². The molecule has 0 saturated heterocycles. The maximum atomic E-state index is 11.2. The van der Waals surface area contributed by atoms with E-state index >= 15 is 0 Å². The number of benzene rings is 1. The highest BCUT2D eigenvalue weighted by molar-refractivity contribution is 5.85. The number of carboxylic acid groups (broad SMARTS) is 1. The molecule has 0 radical (unpaired) electrons. The molecule has 4 heteroatoms. The Morgan fingerprint density at radius 3 is 1.57 bits per heavy atom. The van der Waals surface area contributed by atoms with Gasteiger partial charge in [0.25, 0.3) is 0 Å². The van der Waals surface area contributed by atoms with Gasteiger partial charge in [0, 0.05) is 0 Å². The summed E-state index contributed by atoms with van der Waals surface area (Å²) in [6.45, 7) is 13.8. The number of carbonyl (C=O) groups is 1. The van der Waals surface area contributed by atoms with E-state index in [4.69, 9.17) is 0 Å². The van der Waals surface area contributed by atoms with E-state index in [1.807, 2.05) is 53.7 Å². The number of phenolic OH excluding ortho intramolecular Hbond substituents is 1. The van der Waals surface area contributed by atoms with Gasteiger partial charge < -0.3 is 10.2 Å². The van der Waals surface area contributed by atoms with Gasteiger partial charge in [0.05, 0.1) is 5.92 Å². The lowest BCUT2D eigenvalue weighted by atomic mass is 9.77. The van der Waals surface area contributed by atoms with E-state index in [9.17, 15) is 15.0 Å². The second-order valence-corrected chi connectivity index (χ2v) is 7.52. The fourth-order valence-corrected chi connectivity index (χ4v) is 2.19. The van der Waals surface area contributed by atoms with E-state index in [2.05, 4.69) is 0 Å². The molecule has 3 nitrogen and oxygen atoms in total. The molecule has 2 N–H and O–H groups in total. The summed E-state index contributed by atoms with van der Waals surface area (Å²) in [5.41, 5.74) is 1.86. The number of carboxylic acids is 1. The lowest BCUT2D eigenvalue weighted by Crippen LogP contribution is -2.19. The Morgan fingerprint density at radius 2 is 1.33 bits per heavy atom. The number of rotatable bonds is 2.